The molecule has 0 saturated heterocycles. The molecule has 0 unspecified atom stereocenters. The second kappa shape index (κ2) is 4.55. The molecule has 0 aliphatic rings. The van der Waals surface area contributed by atoms with Crippen LogP contribution in [0.5, 0.6) is 0 Å². The molecule has 0 aliphatic carbocycles. The Morgan fingerprint density at radius 1 is 1.44 bits per heavy atom. The number of halogens is 3. The van der Waals surface area contributed by atoms with Crippen LogP contribution in [0.1, 0.15) is 23.5 Å². The summed E-state index contributed by atoms with van der Waals surface area (Å²) in [4.78, 5) is 10.8. The number of aliphatic carboxylic acids is 1. The summed E-state index contributed by atoms with van der Waals surface area (Å²) in [5.74, 6) is -2.98. The maximum atomic E-state index is 12.2. The van der Waals surface area contributed by atoms with Crippen LogP contribution in [0, 0.1) is 6.92 Å². The zero-order valence-electron chi connectivity index (χ0n) is 8.58. The van der Waals surface area contributed by atoms with E-state index in [0.717, 1.165) is 5.56 Å². The van der Waals surface area contributed by atoms with E-state index < -0.39 is 24.5 Å². The molecule has 0 aromatic heterocycles. The van der Waals surface area contributed by atoms with E-state index >= 15 is 0 Å². The van der Waals surface area contributed by atoms with E-state index in [1.165, 1.54) is 12.1 Å². The topological polar surface area (TPSA) is 37.3 Å². The molecule has 0 heterocycles. The number of hydrogen-bond donors (Lipinski definition) is 1. The minimum atomic E-state index is -4.48. The van der Waals surface area contributed by atoms with Gasteiger partial charge in [0.1, 0.15) is 0 Å². The molecule has 0 fully saturated rings. The number of rotatable bonds is 3. The second-order valence-electron chi connectivity index (χ2n) is 3.62. The summed E-state index contributed by atoms with van der Waals surface area (Å²) in [5, 5.41) is 8.78. The third-order valence-electron chi connectivity index (χ3n) is 2.18. The monoisotopic (exact) mass is 232 g/mol. The molecule has 0 bridgehead atoms. The number of carbonyl (C=O) groups is 1. The highest BCUT2D eigenvalue weighted by atomic mass is 19.4. The predicted molar refractivity (Wildman–Crippen MR) is 52.2 cm³/mol. The Kier molecular flexibility index (Phi) is 3.57. The summed E-state index contributed by atoms with van der Waals surface area (Å²) in [6.07, 6.45) is -5.82. The van der Waals surface area contributed by atoms with Gasteiger partial charge in [0.05, 0.1) is 12.3 Å². The number of aryl methyl sites for hydroxylation is 1. The fourth-order valence-corrected chi connectivity index (χ4v) is 1.47. The van der Waals surface area contributed by atoms with Crippen molar-refractivity contribution in [2.24, 2.45) is 0 Å². The molecule has 0 spiro atoms. The van der Waals surface area contributed by atoms with Crippen molar-refractivity contribution in [2.75, 3.05) is 0 Å². The Morgan fingerprint density at radius 3 is 2.50 bits per heavy atom. The number of hydrogen-bond acceptors (Lipinski definition) is 1. The highest BCUT2D eigenvalue weighted by molar-refractivity contribution is 5.76. The van der Waals surface area contributed by atoms with Gasteiger partial charge in [0.15, 0.2) is 0 Å². The zero-order chi connectivity index (χ0) is 12.3. The van der Waals surface area contributed by atoms with Crippen molar-refractivity contribution in [3.8, 4) is 0 Å². The van der Waals surface area contributed by atoms with E-state index in [1.807, 2.05) is 0 Å². The smallest absolute Gasteiger partial charge is 0.390 e. The second-order valence-corrected chi connectivity index (χ2v) is 3.62. The van der Waals surface area contributed by atoms with Crippen LogP contribution in [0.3, 0.4) is 0 Å². The summed E-state index contributed by atoms with van der Waals surface area (Å²) in [5.41, 5.74) is 0.927. The van der Waals surface area contributed by atoms with Crippen LogP contribution in [-0.2, 0) is 4.79 Å². The Balaban J connectivity index is 2.99. The van der Waals surface area contributed by atoms with Crippen LogP contribution >= 0.6 is 0 Å². The first-order chi connectivity index (χ1) is 7.29. The molecule has 1 rings (SSSR count). The first-order valence-electron chi connectivity index (χ1n) is 4.66. The third-order valence-corrected chi connectivity index (χ3v) is 2.18. The Bertz CT molecular complexity index is 385. The van der Waals surface area contributed by atoms with Gasteiger partial charge in [-0.25, -0.2) is 0 Å². The first-order valence-corrected chi connectivity index (χ1v) is 4.66. The summed E-state index contributed by atoms with van der Waals surface area (Å²) in [7, 11) is 0. The van der Waals surface area contributed by atoms with E-state index in [-0.39, 0.29) is 5.56 Å². The lowest BCUT2D eigenvalue weighted by Gasteiger charge is -2.15. The van der Waals surface area contributed by atoms with E-state index in [9.17, 15) is 18.0 Å². The minimum Gasteiger partial charge on any atom is -0.481 e. The maximum absolute atomic E-state index is 12.2. The lowest BCUT2D eigenvalue weighted by atomic mass is 9.94. The first kappa shape index (κ1) is 12.5. The molecule has 0 radical (unpaired) electrons. The van der Waals surface area contributed by atoms with E-state index in [1.54, 1.807) is 19.1 Å². The molecule has 0 saturated carbocycles. The van der Waals surface area contributed by atoms with Crippen molar-refractivity contribution in [2.45, 2.75) is 25.4 Å². The van der Waals surface area contributed by atoms with Gasteiger partial charge >= 0.3 is 12.1 Å². The summed E-state index contributed by atoms with van der Waals surface area (Å²) in [6, 6.07) is 6.12. The van der Waals surface area contributed by atoms with Crippen molar-refractivity contribution in [1.29, 1.82) is 0 Å². The van der Waals surface area contributed by atoms with E-state index in [4.69, 9.17) is 5.11 Å². The predicted octanol–water partition coefficient (Wildman–Crippen LogP) is 3.12. The van der Waals surface area contributed by atoms with Gasteiger partial charge in [0.25, 0.3) is 0 Å². The Labute approximate surface area is 90.7 Å². The standard InChI is InChI=1S/C11H11F3O2/c1-7-3-2-4-8(5-7)9(10(15)16)6-11(12,13)14/h2-5,9H,6H2,1H3,(H,15,16)/t9-/m0/s1. The summed E-state index contributed by atoms with van der Waals surface area (Å²) in [6.45, 7) is 1.70. The molecule has 1 aromatic carbocycles. The average molecular weight is 232 g/mol. The molecule has 88 valence electrons. The van der Waals surface area contributed by atoms with Crippen LogP contribution < -0.4 is 0 Å². The Morgan fingerprint density at radius 2 is 2.06 bits per heavy atom. The molecule has 1 N–H and O–H groups in total. The van der Waals surface area contributed by atoms with Gasteiger partial charge in [-0.05, 0) is 12.5 Å². The van der Waals surface area contributed by atoms with E-state index in [0.29, 0.717) is 0 Å². The highest BCUT2D eigenvalue weighted by Crippen LogP contribution is 2.31. The molecular weight excluding hydrogens is 221 g/mol. The van der Waals surface area contributed by atoms with Gasteiger partial charge in [-0.2, -0.15) is 13.2 Å². The number of alkyl halides is 3. The SMILES string of the molecule is Cc1cccc([C@H](CC(F)(F)F)C(=O)O)c1. The van der Waals surface area contributed by atoms with Crippen LogP contribution in [0.25, 0.3) is 0 Å². The molecule has 0 amide bonds. The number of carboxylic acid groups (broad SMARTS) is 1. The number of benzene rings is 1. The maximum Gasteiger partial charge on any atom is 0.390 e. The Hall–Kier alpha value is -1.52. The average Bonchev–Trinajstić information content (AvgIpc) is 2.12. The van der Waals surface area contributed by atoms with E-state index in [2.05, 4.69) is 0 Å². The molecular formula is C11H11F3O2. The molecule has 16 heavy (non-hydrogen) atoms. The van der Waals surface area contributed by atoms with Gasteiger partial charge in [-0.1, -0.05) is 29.8 Å². The van der Waals surface area contributed by atoms with Gasteiger partial charge in [0, 0.05) is 0 Å². The normalized spacial score (nSPS) is 13.5. The van der Waals surface area contributed by atoms with Crippen molar-refractivity contribution in [3.05, 3.63) is 35.4 Å². The van der Waals surface area contributed by atoms with Gasteiger partial charge < -0.3 is 5.11 Å². The molecule has 1 atom stereocenters. The lowest BCUT2D eigenvalue weighted by molar-refractivity contribution is -0.157. The fourth-order valence-electron chi connectivity index (χ4n) is 1.47. The van der Waals surface area contributed by atoms with Gasteiger partial charge in [-0.15, -0.1) is 0 Å². The van der Waals surface area contributed by atoms with Gasteiger partial charge in [0.2, 0.25) is 0 Å². The third kappa shape index (κ3) is 3.56. The van der Waals surface area contributed by atoms with Crippen molar-refractivity contribution in [3.63, 3.8) is 0 Å². The molecule has 0 aliphatic heterocycles. The quantitative estimate of drug-likeness (QED) is 0.869. The van der Waals surface area contributed by atoms with Crippen molar-refractivity contribution >= 4 is 5.97 Å². The zero-order valence-corrected chi connectivity index (χ0v) is 8.58. The molecule has 2 nitrogen and oxygen atoms in total. The van der Waals surface area contributed by atoms with Crippen LogP contribution in [0.15, 0.2) is 24.3 Å². The number of carboxylic acids is 1. The summed E-state index contributed by atoms with van der Waals surface area (Å²) >= 11 is 0. The molecule has 1 aromatic rings. The largest absolute Gasteiger partial charge is 0.481 e. The highest BCUT2D eigenvalue weighted by Gasteiger charge is 2.36. The lowest BCUT2D eigenvalue weighted by Crippen LogP contribution is -2.20. The van der Waals surface area contributed by atoms with Crippen molar-refractivity contribution in [1.82, 2.24) is 0 Å². The minimum absolute atomic E-state index is 0.185. The summed E-state index contributed by atoms with van der Waals surface area (Å²) < 4.78 is 36.6. The van der Waals surface area contributed by atoms with Gasteiger partial charge in [-0.3, -0.25) is 4.79 Å². The van der Waals surface area contributed by atoms with Crippen LogP contribution in [0.4, 0.5) is 13.2 Å². The molecule has 5 heteroatoms. The van der Waals surface area contributed by atoms with Crippen LogP contribution in [-0.4, -0.2) is 17.3 Å². The fraction of sp³-hybridized carbons (Fsp3) is 0.364. The van der Waals surface area contributed by atoms with Crippen molar-refractivity contribution < 1.29 is 23.1 Å². The van der Waals surface area contributed by atoms with Crippen LogP contribution in [0.2, 0.25) is 0 Å².